The molecular formula is C29H29ClN4O4S. The van der Waals surface area contributed by atoms with Gasteiger partial charge in [0.05, 0.1) is 25.5 Å². The van der Waals surface area contributed by atoms with E-state index in [0.29, 0.717) is 49.9 Å². The highest BCUT2D eigenvalue weighted by Crippen LogP contribution is 2.39. The Bertz CT molecular complexity index is 1440. The Hall–Kier alpha value is -3.95. The largest absolute Gasteiger partial charge is 0.497 e. The molecule has 0 bridgehead atoms. The first-order valence-electron chi connectivity index (χ1n) is 12.1. The van der Waals surface area contributed by atoms with E-state index in [9.17, 15) is 9.59 Å². The molecule has 3 aromatic rings. The molecule has 202 valence electrons. The van der Waals surface area contributed by atoms with E-state index in [1.807, 2.05) is 50.2 Å². The molecule has 1 atom stereocenters. The highest BCUT2D eigenvalue weighted by Gasteiger charge is 2.32. The average molecular weight is 565 g/mol. The number of anilines is 2. The van der Waals surface area contributed by atoms with Crippen LogP contribution < -0.4 is 25.4 Å². The minimum absolute atomic E-state index is 0.100. The fraction of sp³-hybridized carbons (Fsp3) is 0.207. The number of para-hydroxylation sites is 1. The van der Waals surface area contributed by atoms with Crippen LogP contribution in [0.25, 0.3) is 0 Å². The second kappa shape index (κ2) is 12.7. The number of aliphatic imine (C=N–C) groups is 1. The van der Waals surface area contributed by atoms with Crippen LogP contribution >= 0.6 is 23.4 Å². The van der Waals surface area contributed by atoms with Gasteiger partial charge in [-0.15, -0.1) is 0 Å². The van der Waals surface area contributed by atoms with Crippen molar-refractivity contribution in [3.05, 3.63) is 94.1 Å². The van der Waals surface area contributed by atoms with Crippen molar-refractivity contribution in [1.29, 1.82) is 0 Å². The van der Waals surface area contributed by atoms with Crippen LogP contribution in [0, 0.1) is 6.92 Å². The molecule has 3 aromatic carbocycles. The Morgan fingerprint density at radius 2 is 1.77 bits per heavy atom. The number of hydrogen-bond donors (Lipinski definition) is 3. The van der Waals surface area contributed by atoms with Crippen LogP contribution in [0.4, 0.5) is 11.4 Å². The third-order valence-corrected chi connectivity index (χ3v) is 7.41. The fourth-order valence-corrected chi connectivity index (χ4v) is 4.99. The summed E-state index contributed by atoms with van der Waals surface area (Å²) in [6, 6.07) is 19.3. The van der Waals surface area contributed by atoms with Crippen LogP contribution in [-0.4, -0.2) is 37.0 Å². The summed E-state index contributed by atoms with van der Waals surface area (Å²) in [6.45, 7) is 3.66. The first-order chi connectivity index (χ1) is 18.8. The van der Waals surface area contributed by atoms with Crippen LogP contribution in [0.2, 0.25) is 5.02 Å². The molecular weight excluding hydrogens is 536 g/mol. The molecule has 0 saturated heterocycles. The molecule has 2 amide bonds. The monoisotopic (exact) mass is 564 g/mol. The number of amides is 2. The van der Waals surface area contributed by atoms with Gasteiger partial charge < -0.3 is 25.4 Å². The summed E-state index contributed by atoms with van der Waals surface area (Å²) < 4.78 is 11.0. The maximum atomic E-state index is 13.5. The SMILES string of the molecule is COc1ccc([C@H]2N=C(SCC(=O)Nc3cccc(Cl)c3C)NC(C)=C2C(=O)Nc2ccccc2)c(OC)c1. The Morgan fingerprint density at radius 1 is 1.00 bits per heavy atom. The lowest BCUT2D eigenvalue weighted by atomic mass is 9.95. The molecule has 3 N–H and O–H groups in total. The lowest BCUT2D eigenvalue weighted by molar-refractivity contribution is -0.114. The number of allylic oxidation sites excluding steroid dienone is 1. The van der Waals surface area contributed by atoms with E-state index in [1.54, 1.807) is 44.6 Å². The third-order valence-electron chi connectivity index (χ3n) is 6.11. The van der Waals surface area contributed by atoms with E-state index >= 15 is 0 Å². The standard InChI is InChI=1S/C29H29ClN4O4S/c1-17-22(30)11-8-12-23(17)33-25(35)16-39-29-31-18(2)26(28(36)32-19-9-6-5-7-10-19)27(34-29)21-14-13-20(37-3)15-24(21)38-4/h5-15,27H,16H2,1-4H3,(H,31,34)(H,32,36)(H,33,35)/t27-/m1/s1. The molecule has 0 unspecified atom stereocenters. The van der Waals surface area contributed by atoms with Gasteiger partial charge >= 0.3 is 0 Å². The van der Waals surface area contributed by atoms with Crippen LogP contribution in [-0.2, 0) is 9.59 Å². The molecule has 8 nitrogen and oxygen atoms in total. The highest BCUT2D eigenvalue weighted by molar-refractivity contribution is 8.14. The van der Waals surface area contributed by atoms with Gasteiger partial charge in [-0.05, 0) is 55.8 Å². The predicted molar refractivity (Wildman–Crippen MR) is 158 cm³/mol. The topological polar surface area (TPSA) is 101 Å². The molecule has 1 aliphatic heterocycles. The minimum atomic E-state index is -0.684. The van der Waals surface area contributed by atoms with Crippen molar-refractivity contribution in [3.8, 4) is 11.5 Å². The van der Waals surface area contributed by atoms with Crippen LogP contribution in [0.5, 0.6) is 11.5 Å². The Balaban J connectivity index is 1.60. The average Bonchev–Trinajstić information content (AvgIpc) is 2.94. The number of carbonyl (C=O) groups is 2. The summed E-state index contributed by atoms with van der Waals surface area (Å²) in [5.74, 6) is 0.746. The Kier molecular flexibility index (Phi) is 9.16. The molecule has 10 heteroatoms. The maximum Gasteiger partial charge on any atom is 0.255 e. The zero-order valence-electron chi connectivity index (χ0n) is 22.0. The van der Waals surface area contributed by atoms with Crippen molar-refractivity contribution in [2.75, 3.05) is 30.6 Å². The molecule has 0 saturated carbocycles. The first-order valence-corrected chi connectivity index (χ1v) is 13.5. The summed E-state index contributed by atoms with van der Waals surface area (Å²) in [5.41, 5.74) is 3.86. The number of benzene rings is 3. The van der Waals surface area contributed by atoms with Crippen molar-refractivity contribution in [1.82, 2.24) is 5.32 Å². The molecule has 0 fully saturated rings. The van der Waals surface area contributed by atoms with Gasteiger partial charge in [0.2, 0.25) is 5.91 Å². The van der Waals surface area contributed by atoms with Crippen LogP contribution in [0.1, 0.15) is 24.1 Å². The van der Waals surface area contributed by atoms with Gasteiger partial charge in [0.1, 0.15) is 17.5 Å². The molecule has 39 heavy (non-hydrogen) atoms. The number of nitrogens with zero attached hydrogens (tertiary/aromatic N) is 1. The first kappa shape index (κ1) is 28.1. The number of hydrogen-bond acceptors (Lipinski definition) is 7. The van der Waals surface area contributed by atoms with Gasteiger partial charge in [-0.25, -0.2) is 4.99 Å². The van der Waals surface area contributed by atoms with E-state index < -0.39 is 6.04 Å². The van der Waals surface area contributed by atoms with Crippen molar-refractivity contribution < 1.29 is 19.1 Å². The van der Waals surface area contributed by atoms with E-state index in [1.165, 1.54) is 11.8 Å². The number of carbonyl (C=O) groups excluding carboxylic acids is 2. The lowest BCUT2D eigenvalue weighted by Gasteiger charge is -2.27. The molecule has 1 heterocycles. The van der Waals surface area contributed by atoms with Gasteiger partial charge in [-0.3, -0.25) is 9.59 Å². The van der Waals surface area contributed by atoms with Gasteiger partial charge in [-0.2, -0.15) is 0 Å². The summed E-state index contributed by atoms with van der Waals surface area (Å²) in [6.07, 6.45) is 0. The van der Waals surface area contributed by atoms with Crippen molar-refractivity contribution in [2.45, 2.75) is 19.9 Å². The Morgan fingerprint density at radius 3 is 2.49 bits per heavy atom. The minimum Gasteiger partial charge on any atom is -0.497 e. The number of nitrogens with one attached hydrogen (secondary N) is 3. The number of ether oxygens (including phenoxy) is 2. The van der Waals surface area contributed by atoms with Crippen molar-refractivity contribution >= 4 is 51.7 Å². The predicted octanol–water partition coefficient (Wildman–Crippen LogP) is 5.95. The summed E-state index contributed by atoms with van der Waals surface area (Å²) in [5, 5.41) is 10.1. The van der Waals surface area contributed by atoms with Gasteiger partial charge in [0.15, 0.2) is 5.17 Å². The van der Waals surface area contributed by atoms with E-state index in [-0.39, 0.29) is 17.6 Å². The van der Waals surface area contributed by atoms with Crippen LogP contribution in [0.15, 0.2) is 83.0 Å². The number of rotatable bonds is 8. The number of thioether (sulfide) groups is 1. The van der Waals surface area contributed by atoms with Gasteiger partial charge in [0.25, 0.3) is 5.91 Å². The fourth-order valence-electron chi connectivity index (χ4n) is 4.07. The lowest BCUT2D eigenvalue weighted by Crippen LogP contribution is -2.33. The molecule has 4 rings (SSSR count). The molecule has 0 spiro atoms. The summed E-state index contributed by atoms with van der Waals surface area (Å²) in [7, 11) is 3.13. The quantitative estimate of drug-likeness (QED) is 0.312. The smallest absolute Gasteiger partial charge is 0.255 e. The highest BCUT2D eigenvalue weighted by atomic mass is 35.5. The molecule has 0 aliphatic carbocycles. The zero-order chi connectivity index (χ0) is 27.9. The number of amidine groups is 1. The van der Waals surface area contributed by atoms with Crippen LogP contribution in [0.3, 0.4) is 0 Å². The van der Waals surface area contributed by atoms with E-state index in [0.717, 1.165) is 5.56 Å². The second-order valence-corrected chi connectivity index (χ2v) is 10.0. The summed E-state index contributed by atoms with van der Waals surface area (Å²) >= 11 is 7.42. The zero-order valence-corrected chi connectivity index (χ0v) is 23.6. The normalized spacial score (nSPS) is 14.7. The molecule has 0 aromatic heterocycles. The number of methoxy groups -OCH3 is 2. The van der Waals surface area contributed by atoms with E-state index in [2.05, 4.69) is 16.0 Å². The maximum absolute atomic E-state index is 13.5. The Labute approximate surface area is 236 Å². The second-order valence-electron chi connectivity index (χ2n) is 8.68. The van der Waals surface area contributed by atoms with Crippen molar-refractivity contribution in [2.24, 2.45) is 4.99 Å². The molecule has 1 aliphatic rings. The molecule has 0 radical (unpaired) electrons. The van der Waals surface area contributed by atoms with Gasteiger partial charge in [0, 0.05) is 33.7 Å². The van der Waals surface area contributed by atoms with Gasteiger partial charge in [-0.1, -0.05) is 47.6 Å². The number of halogens is 1. The summed E-state index contributed by atoms with van der Waals surface area (Å²) in [4.78, 5) is 31.1. The van der Waals surface area contributed by atoms with E-state index in [4.69, 9.17) is 26.1 Å². The third kappa shape index (κ3) is 6.74. The van der Waals surface area contributed by atoms with Crippen molar-refractivity contribution in [3.63, 3.8) is 0 Å².